The van der Waals surface area contributed by atoms with Crippen LogP contribution in [-0.2, 0) is 17.7 Å². The van der Waals surface area contributed by atoms with Crippen LogP contribution in [0.5, 0.6) is 0 Å². The van der Waals surface area contributed by atoms with Gasteiger partial charge in [-0.2, -0.15) is 0 Å². The third-order valence-corrected chi connectivity index (χ3v) is 7.18. The number of ether oxygens (including phenoxy) is 1. The molecule has 1 aromatic heterocycles. The van der Waals surface area contributed by atoms with E-state index in [0.717, 1.165) is 70.5 Å². The maximum Gasteiger partial charge on any atom is 0.212 e. The lowest BCUT2D eigenvalue weighted by Crippen LogP contribution is -2.62. The smallest absolute Gasteiger partial charge is 0.212 e. The van der Waals surface area contributed by atoms with Crippen LogP contribution in [0.1, 0.15) is 58.9 Å². The summed E-state index contributed by atoms with van der Waals surface area (Å²) >= 11 is 1.54. The summed E-state index contributed by atoms with van der Waals surface area (Å²) in [6.45, 7) is 3.62. The Labute approximate surface area is 152 Å². The molecule has 1 saturated heterocycles. The fourth-order valence-corrected chi connectivity index (χ4v) is 5.55. The summed E-state index contributed by atoms with van der Waals surface area (Å²) in [6, 6.07) is 0.337. The maximum atomic E-state index is 13.0. The molecule has 138 valence electrons. The summed E-state index contributed by atoms with van der Waals surface area (Å²) in [4.78, 5) is 21.5. The van der Waals surface area contributed by atoms with Gasteiger partial charge in [-0.1, -0.05) is 12.8 Å². The molecule has 25 heavy (non-hydrogen) atoms. The average molecular weight is 365 g/mol. The van der Waals surface area contributed by atoms with E-state index in [0.29, 0.717) is 17.5 Å². The van der Waals surface area contributed by atoms with Crippen molar-refractivity contribution in [1.82, 2.24) is 9.88 Å². The molecule has 0 radical (unpaired) electrons. The van der Waals surface area contributed by atoms with E-state index < -0.39 is 5.54 Å². The summed E-state index contributed by atoms with van der Waals surface area (Å²) < 4.78 is 5.48. The first-order valence-corrected chi connectivity index (χ1v) is 10.3. The number of Topliss-reactive ketones (excluding diaryl/α,β-unsaturated/α-hetero) is 1. The highest BCUT2D eigenvalue weighted by Crippen LogP contribution is 2.33. The van der Waals surface area contributed by atoms with Gasteiger partial charge in [0.15, 0.2) is 5.01 Å². The molecule has 7 heteroatoms. The van der Waals surface area contributed by atoms with Crippen molar-refractivity contribution in [3.8, 4) is 0 Å². The SMILES string of the molecule is NC1CCCCC1(N)C(=O)c1nc2c(s1)CN(C1CCOCC1)CC2. The molecule has 0 spiro atoms. The first kappa shape index (κ1) is 17.5. The van der Waals surface area contributed by atoms with Crippen LogP contribution in [0.3, 0.4) is 0 Å². The predicted octanol–water partition coefficient (Wildman–Crippen LogP) is 1.46. The van der Waals surface area contributed by atoms with Crippen molar-refractivity contribution in [2.45, 2.75) is 69.1 Å². The monoisotopic (exact) mass is 364 g/mol. The van der Waals surface area contributed by atoms with E-state index in [4.69, 9.17) is 16.2 Å². The predicted molar refractivity (Wildman–Crippen MR) is 97.8 cm³/mol. The van der Waals surface area contributed by atoms with E-state index >= 15 is 0 Å². The number of carbonyl (C=O) groups excluding carboxylic acids is 1. The van der Waals surface area contributed by atoms with Crippen LogP contribution in [0.15, 0.2) is 0 Å². The number of rotatable bonds is 3. The molecule has 3 heterocycles. The van der Waals surface area contributed by atoms with Crippen LogP contribution in [0, 0.1) is 0 Å². The second-order valence-electron chi connectivity index (χ2n) is 7.67. The Morgan fingerprint density at radius 1 is 1.28 bits per heavy atom. The summed E-state index contributed by atoms with van der Waals surface area (Å²) in [5.41, 5.74) is 12.8. The quantitative estimate of drug-likeness (QED) is 0.789. The lowest BCUT2D eigenvalue weighted by atomic mass is 9.76. The second kappa shape index (κ2) is 7.04. The standard InChI is InChI=1S/C18H28N4O2S/c19-15-3-1-2-7-18(15,20)16(23)17-21-13-4-8-22(11-14(13)25-17)12-5-9-24-10-6-12/h12,15H,1-11,19-20H2. The topological polar surface area (TPSA) is 94.5 Å². The van der Waals surface area contributed by atoms with Crippen LogP contribution in [0.25, 0.3) is 0 Å². The van der Waals surface area contributed by atoms with Crippen LogP contribution < -0.4 is 11.5 Å². The Bertz CT molecular complexity index is 643. The third-order valence-electron chi connectivity index (χ3n) is 6.10. The fraction of sp³-hybridized carbons (Fsp3) is 0.778. The van der Waals surface area contributed by atoms with Crippen molar-refractivity contribution in [2.75, 3.05) is 19.8 Å². The molecule has 2 unspecified atom stereocenters. The van der Waals surface area contributed by atoms with E-state index in [2.05, 4.69) is 9.88 Å². The van der Waals surface area contributed by atoms with E-state index in [1.54, 1.807) is 0 Å². The number of hydrogen-bond donors (Lipinski definition) is 2. The fourth-order valence-electron chi connectivity index (χ4n) is 4.38. The minimum Gasteiger partial charge on any atom is -0.381 e. The molecule has 4 N–H and O–H groups in total. The zero-order chi connectivity index (χ0) is 17.4. The van der Waals surface area contributed by atoms with Crippen molar-refractivity contribution in [1.29, 1.82) is 0 Å². The van der Waals surface area contributed by atoms with E-state index in [1.807, 2.05) is 0 Å². The first-order chi connectivity index (χ1) is 12.1. The minimum absolute atomic E-state index is 0.0447. The van der Waals surface area contributed by atoms with Gasteiger partial charge in [0.1, 0.15) is 0 Å². The summed E-state index contributed by atoms with van der Waals surface area (Å²) in [5.74, 6) is -0.0447. The second-order valence-corrected chi connectivity index (χ2v) is 8.76. The Morgan fingerprint density at radius 3 is 2.84 bits per heavy atom. The van der Waals surface area contributed by atoms with Crippen molar-refractivity contribution >= 4 is 17.1 Å². The van der Waals surface area contributed by atoms with E-state index in [9.17, 15) is 4.79 Å². The number of ketones is 1. The van der Waals surface area contributed by atoms with Crippen LogP contribution in [0.4, 0.5) is 0 Å². The molecule has 2 aliphatic heterocycles. The molecular formula is C18H28N4O2S. The summed E-state index contributed by atoms with van der Waals surface area (Å²) in [7, 11) is 0. The Balaban J connectivity index is 1.51. The van der Waals surface area contributed by atoms with Gasteiger partial charge in [0.25, 0.3) is 0 Å². The zero-order valence-corrected chi connectivity index (χ0v) is 15.5. The number of nitrogens with zero attached hydrogens (tertiary/aromatic N) is 2. The minimum atomic E-state index is -0.931. The van der Waals surface area contributed by atoms with Gasteiger partial charge in [-0.25, -0.2) is 4.98 Å². The molecule has 1 aliphatic carbocycles. The molecule has 2 fully saturated rings. The maximum absolute atomic E-state index is 13.0. The lowest BCUT2D eigenvalue weighted by molar-refractivity contribution is 0.0293. The summed E-state index contributed by atoms with van der Waals surface area (Å²) in [6.07, 6.45) is 6.64. The number of nitrogens with two attached hydrogens (primary N) is 2. The molecular weight excluding hydrogens is 336 g/mol. The molecule has 4 rings (SSSR count). The highest BCUT2D eigenvalue weighted by atomic mass is 32.1. The van der Waals surface area contributed by atoms with Gasteiger partial charge in [0.05, 0.1) is 11.2 Å². The van der Waals surface area contributed by atoms with E-state index in [1.165, 1.54) is 16.2 Å². The highest BCUT2D eigenvalue weighted by molar-refractivity contribution is 7.13. The van der Waals surface area contributed by atoms with Gasteiger partial charge >= 0.3 is 0 Å². The Hall–Kier alpha value is -0.860. The number of hydrogen-bond acceptors (Lipinski definition) is 7. The van der Waals surface area contributed by atoms with Gasteiger partial charge in [-0.15, -0.1) is 11.3 Å². The molecule has 6 nitrogen and oxygen atoms in total. The van der Waals surface area contributed by atoms with Crippen LogP contribution in [-0.4, -0.2) is 53.0 Å². The van der Waals surface area contributed by atoms with E-state index in [-0.39, 0.29) is 11.8 Å². The van der Waals surface area contributed by atoms with Gasteiger partial charge in [0, 0.05) is 49.7 Å². The average Bonchev–Trinajstić information content (AvgIpc) is 3.07. The molecule has 2 atom stereocenters. The first-order valence-electron chi connectivity index (χ1n) is 9.47. The van der Waals surface area contributed by atoms with Crippen LogP contribution in [0.2, 0.25) is 0 Å². The van der Waals surface area contributed by atoms with Gasteiger partial charge in [0.2, 0.25) is 5.78 Å². The Morgan fingerprint density at radius 2 is 2.08 bits per heavy atom. The molecule has 0 aromatic carbocycles. The third kappa shape index (κ3) is 3.28. The molecule has 3 aliphatic rings. The molecule has 0 amide bonds. The molecule has 1 saturated carbocycles. The normalized spacial score (nSPS) is 31.7. The molecule has 0 bridgehead atoms. The highest BCUT2D eigenvalue weighted by Gasteiger charge is 2.44. The van der Waals surface area contributed by atoms with Gasteiger partial charge < -0.3 is 16.2 Å². The van der Waals surface area contributed by atoms with Gasteiger partial charge in [-0.05, 0) is 25.7 Å². The van der Waals surface area contributed by atoms with Gasteiger partial charge in [-0.3, -0.25) is 9.69 Å². The lowest BCUT2D eigenvalue weighted by Gasteiger charge is -2.36. The van der Waals surface area contributed by atoms with Crippen molar-refractivity contribution in [3.05, 3.63) is 15.6 Å². The Kier molecular flexibility index (Phi) is 4.94. The molecule has 1 aromatic rings. The van der Waals surface area contributed by atoms with Crippen molar-refractivity contribution in [2.24, 2.45) is 11.5 Å². The largest absolute Gasteiger partial charge is 0.381 e. The van der Waals surface area contributed by atoms with Crippen molar-refractivity contribution < 1.29 is 9.53 Å². The number of aromatic nitrogens is 1. The zero-order valence-electron chi connectivity index (χ0n) is 14.7. The van der Waals surface area contributed by atoms with Crippen LogP contribution >= 0.6 is 11.3 Å². The number of thiazole rings is 1. The summed E-state index contributed by atoms with van der Waals surface area (Å²) in [5, 5.41) is 0.568. The number of fused-ring (bicyclic) bond motifs is 1. The van der Waals surface area contributed by atoms with Crippen molar-refractivity contribution in [3.63, 3.8) is 0 Å². The number of carbonyl (C=O) groups is 1.